The molecule has 4 nitrogen and oxygen atoms in total. The molecule has 1 N–H and O–H groups in total. The van der Waals surface area contributed by atoms with E-state index in [9.17, 15) is 4.79 Å². The number of benzene rings is 1. The Morgan fingerprint density at radius 1 is 1.42 bits per heavy atom. The zero-order valence-corrected chi connectivity index (χ0v) is 12.4. The Kier molecular flexibility index (Phi) is 6.42. The summed E-state index contributed by atoms with van der Waals surface area (Å²) in [4.78, 5) is 12.4. The van der Waals surface area contributed by atoms with Gasteiger partial charge in [0.05, 0.1) is 16.5 Å². The second-order valence-corrected chi connectivity index (χ2v) is 5.22. The maximum atomic E-state index is 10.5. The Morgan fingerprint density at radius 2 is 2.11 bits per heavy atom. The van der Waals surface area contributed by atoms with Crippen molar-refractivity contribution in [1.82, 2.24) is 4.90 Å². The second-order valence-electron chi connectivity index (χ2n) is 4.41. The van der Waals surface area contributed by atoms with Crippen molar-refractivity contribution < 1.29 is 14.6 Å². The zero-order valence-electron chi connectivity index (χ0n) is 10.9. The summed E-state index contributed by atoms with van der Waals surface area (Å²) in [5.41, 5.74) is 0. The number of ether oxygens (including phenoxy) is 1. The molecule has 1 atom stereocenters. The Bertz CT molecular complexity index is 440. The van der Waals surface area contributed by atoms with Crippen molar-refractivity contribution >= 4 is 29.2 Å². The lowest BCUT2D eigenvalue weighted by Gasteiger charge is -2.21. The topological polar surface area (TPSA) is 49.8 Å². The van der Waals surface area contributed by atoms with E-state index in [1.54, 1.807) is 18.2 Å². The lowest BCUT2D eigenvalue weighted by molar-refractivity contribution is -0.137. The molecule has 19 heavy (non-hydrogen) atoms. The molecule has 1 aromatic rings. The standard InChI is InChI=1S/C13H17Cl2NO3/c1-9(8-16(2)6-5-13(17)18)19-10-3-4-11(14)12(15)7-10/h3-4,7,9H,5-6,8H2,1-2H3,(H,17,18). The number of carboxylic acid groups (broad SMARTS) is 1. The smallest absolute Gasteiger partial charge is 0.304 e. The van der Waals surface area contributed by atoms with E-state index in [0.29, 0.717) is 28.9 Å². The number of likely N-dealkylation sites (N-methyl/N-ethyl adjacent to an activating group) is 1. The maximum absolute atomic E-state index is 10.5. The fourth-order valence-corrected chi connectivity index (χ4v) is 1.92. The van der Waals surface area contributed by atoms with E-state index in [-0.39, 0.29) is 12.5 Å². The summed E-state index contributed by atoms with van der Waals surface area (Å²) in [6.07, 6.45) is 0.0479. The molecule has 1 rings (SSSR count). The average molecular weight is 306 g/mol. The average Bonchev–Trinajstić information content (AvgIpc) is 2.31. The summed E-state index contributed by atoms with van der Waals surface area (Å²) in [7, 11) is 1.86. The van der Waals surface area contributed by atoms with Gasteiger partial charge in [-0.2, -0.15) is 0 Å². The molecular formula is C13H17Cl2NO3. The molecule has 0 spiro atoms. The van der Waals surface area contributed by atoms with Gasteiger partial charge in [0, 0.05) is 19.2 Å². The van der Waals surface area contributed by atoms with Gasteiger partial charge in [0.1, 0.15) is 11.9 Å². The lowest BCUT2D eigenvalue weighted by Crippen LogP contribution is -2.32. The molecule has 0 fully saturated rings. The summed E-state index contributed by atoms with van der Waals surface area (Å²) in [5, 5.41) is 9.54. The minimum Gasteiger partial charge on any atom is -0.489 e. The minimum atomic E-state index is -0.801. The number of halogens is 2. The third kappa shape index (κ3) is 6.14. The van der Waals surface area contributed by atoms with Crippen LogP contribution in [0.4, 0.5) is 0 Å². The first-order chi connectivity index (χ1) is 8.88. The lowest BCUT2D eigenvalue weighted by atomic mass is 10.3. The first-order valence-electron chi connectivity index (χ1n) is 5.90. The van der Waals surface area contributed by atoms with Crippen LogP contribution in [0.15, 0.2) is 18.2 Å². The van der Waals surface area contributed by atoms with E-state index in [1.165, 1.54) is 0 Å². The molecule has 1 aromatic carbocycles. The highest BCUT2D eigenvalue weighted by Gasteiger charge is 2.10. The van der Waals surface area contributed by atoms with Crippen LogP contribution < -0.4 is 4.74 Å². The van der Waals surface area contributed by atoms with E-state index in [4.69, 9.17) is 33.0 Å². The van der Waals surface area contributed by atoms with Crippen molar-refractivity contribution in [2.75, 3.05) is 20.1 Å². The normalized spacial score (nSPS) is 12.5. The molecule has 0 amide bonds. The minimum absolute atomic E-state index is 0.0731. The molecule has 0 radical (unpaired) electrons. The van der Waals surface area contributed by atoms with E-state index in [2.05, 4.69) is 0 Å². The van der Waals surface area contributed by atoms with Crippen molar-refractivity contribution in [2.45, 2.75) is 19.4 Å². The molecule has 0 aliphatic carbocycles. The fourth-order valence-electron chi connectivity index (χ4n) is 1.64. The highest BCUT2D eigenvalue weighted by atomic mass is 35.5. The summed E-state index contributed by atoms with van der Waals surface area (Å²) in [6.45, 7) is 3.04. The van der Waals surface area contributed by atoms with Gasteiger partial charge in [-0.3, -0.25) is 4.79 Å². The predicted molar refractivity (Wildman–Crippen MR) is 76.3 cm³/mol. The molecule has 0 bridgehead atoms. The molecule has 106 valence electrons. The Hall–Kier alpha value is -0.970. The van der Waals surface area contributed by atoms with E-state index in [1.807, 2.05) is 18.9 Å². The fraction of sp³-hybridized carbons (Fsp3) is 0.462. The first-order valence-corrected chi connectivity index (χ1v) is 6.66. The first kappa shape index (κ1) is 16.1. The van der Waals surface area contributed by atoms with Crippen LogP contribution >= 0.6 is 23.2 Å². The van der Waals surface area contributed by atoms with Crippen molar-refractivity contribution in [1.29, 1.82) is 0 Å². The van der Waals surface area contributed by atoms with Gasteiger partial charge in [0.2, 0.25) is 0 Å². The number of nitrogens with zero attached hydrogens (tertiary/aromatic N) is 1. The highest BCUT2D eigenvalue weighted by Crippen LogP contribution is 2.26. The number of hydrogen-bond donors (Lipinski definition) is 1. The van der Waals surface area contributed by atoms with Crippen LogP contribution in [0.1, 0.15) is 13.3 Å². The quantitative estimate of drug-likeness (QED) is 0.840. The molecule has 0 aliphatic heterocycles. The van der Waals surface area contributed by atoms with Gasteiger partial charge in [-0.25, -0.2) is 0 Å². The summed E-state index contributed by atoms with van der Waals surface area (Å²) in [6, 6.07) is 5.10. The van der Waals surface area contributed by atoms with Gasteiger partial charge in [-0.05, 0) is 26.1 Å². The molecule has 6 heteroatoms. The molecule has 1 unspecified atom stereocenters. The number of hydrogen-bond acceptors (Lipinski definition) is 3. The van der Waals surface area contributed by atoms with Crippen molar-refractivity contribution in [3.63, 3.8) is 0 Å². The van der Waals surface area contributed by atoms with Crippen LogP contribution in [0.25, 0.3) is 0 Å². The van der Waals surface area contributed by atoms with Crippen LogP contribution in [0, 0.1) is 0 Å². The molecule has 0 aromatic heterocycles. The van der Waals surface area contributed by atoms with Crippen LogP contribution in [0.3, 0.4) is 0 Å². The Morgan fingerprint density at radius 3 is 2.68 bits per heavy atom. The molecule has 0 saturated heterocycles. The molecule has 0 heterocycles. The Balaban J connectivity index is 2.43. The third-order valence-electron chi connectivity index (χ3n) is 2.50. The van der Waals surface area contributed by atoms with E-state index in [0.717, 1.165) is 0 Å². The van der Waals surface area contributed by atoms with Gasteiger partial charge in [-0.1, -0.05) is 23.2 Å². The zero-order chi connectivity index (χ0) is 14.4. The second kappa shape index (κ2) is 7.58. The summed E-state index contributed by atoms with van der Waals surface area (Å²) < 4.78 is 5.70. The largest absolute Gasteiger partial charge is 0.489 e. The van der Waals surface area contributed by atoms with Gasteiger partial charge >= 0.3 is 5.97 Å². The van der Waals surface area contributed by atoms with E-state index < -0.39 is 5.97 Å². The Labute approximate surface area is 122 Å². The van der Waals surface area contributed by atoms with Crippen molar-refractivity contribution in [2.24, 2.45) is 0 Å². The molecular weight excluding hydrogens is 289 g/mol. The number of carbonyl (C=O) groups is 1. The van der Waals surface area contributed by atoms with Gasteiger partial charge in [-0.15, -0.1) is 0 Å². The van der Waals surface area contributed by atoms with E-state index >= 15 is 0 Å². The van der Waals surface area contributed by atoms with Crippen molar-refractivity contribution in [3.05, 3.63) is 28.2 Å². The molecule has 0 saturated carbocycles. The SMILES string of the molecule is CC(CN(C)CCC(=O)O)Oc1ccc(Cl)c(Cl)c1. The monoisotopic (exact) mass is 305 g/mol. The number of rotatable bonds is 7. The summed E-state index contributed by atoms with van der Waals surface area (Å²) >= 11 is 11.7. The van der Waals surface area contributed by atoms with Crippen LogP contribution in [-0.4, -0.2) is 42.2 Å². The number of aliphatic carboxylic acids is 1. The van der Waals surface area contributed by atoms with Crippen LogP contribution in [0.2, 0.25) is 10.0 Å². The van der Waals surface area contributed by atoms with Crippen LogP contribution in [-0.2, 0) is 4.79 Å². The van der Waals surface area contributed by atoms with Crippen LogP contribution in [0.5, 0.6) is 5.75 Å². The maximum Gasteiger partial charge on any atom is 0.304 e. The summed E-state index contributed by atoms with van der Waals surface area (Å²) in [5.74, 6) is -0.154. The van der Waals surface area contributed by atoms with Gasteiger partial charge in [0.15, 0.2) is 0 Å². The predicted octanol–water partition coefficient (Wildman–Crippen LogP) is 3.17. The molecule has 0 aliphatic rings. The van der Waals surface area contributed by atoms with Crippen molar-refractivity contribution in [3.8, 4) is 5.75 Å². The third-order valence-corrected chi connectivity index (χ3v) is 3.24. The highest BCUT2D eigenvalue weighted by molar-refractivity contribution is 6.42. The van der Waals surface area contributed by atoms with Gasteiger partial charge in [0.25, 0.3) is 0 Å². The number of carboxylic acids is 1. The van der Waals surface area contributed by atoms with Gasteiger partial charge < -0.3 is 14.7 Å².